The Kier molecular flexibility index (Phi) is 2.79. The second-order valence-corrected chi connectivity index (χ2v) is 1.39. The molecule has 0 aliphatic carbocycles. The average molecular weight is 120 g/mol. The van der Waals surface area contributed by atoms with Gasteiger partial charge < -0.3 is 0 Å². The van der Waals surface area contributed by atoms with Gasteiger partial charge in [0.05, 0.1) is 0 Å². The van der Waals surface area contributed by atoms with E-state index in [9.17, 15) is 4.79 Å². The van der Waals surface area contributed by atoms with Gasteiger partial charge in [-0.25, -0.2) is 0 Å². The molecule has 0 rings (SSSR count). The number of carbonyl (C=O) groups is 1. The highest BCUT2D eigenvalue weighted by atomic mass is 16.1. The molecule has 0 aromatic heterocycles. The monoisotopic (exact) mass is 120 g/mol. The predicted molar refractivity (Wildman–Crippen MR) is 30.0 cm³/mol. The number of carbonyl (C=O) groups excluding carboxylic acids is 1. The molecular weight excluding hydrogens is 116 g/mol. The van der Waals surface area contributed by atoms with Crippen molar-refractivity contribution in [1.82, 2.24) is 0 Å². The minimum Gasteiger partial charge on any atom is -0.295 e. The van der Waals surface area contributed by atoms with Gasteiger partial charge in [0.1, 0.15) is 17.7 Å². The topological polar surface area (TPSA) is 64.7 Å². The van der Waals surface area contributed by atoms with Gasteiger partial charge >= 0.3 is 0 Å². The van der Waals surface area contributed by atoms with Gasteiger partial charge in [0.2, 0.25) is 0 Å². The normalized spacial score (nSPS) is 6.56. The lowest BCUT2D eigenvalue weighted by Crippen LogP contribution is -1.83. The first-order chi connectivity index (χ1) is 4.20. The van der Waals surface area contributed by atoms with E-state index >= 15 is 0 Å². The number of rotatable bonds is 1. The first kappa shape index (κ1) is 7.39. The zero-order chi connectivity index (χ0) is 7.28. The maximum atomic E-state index is 10.2. The van der Waals surface area contributed by atoms with E-state index in [1.807, 2.05) is 0 Å². The standard InChI is InChI=1S/C6H4N2O/c1-5(9)2-6(3-7)4-8/h2H,1H3. The summed E-state index contributed by atoms with van der Waals surface area (Å²) >= 11 is 0. The van der Waals surface area contributed by atoms with Crippen LogP contribution in [0.25, 0.3) is 0 Å². The Balaban J connectivity index is 4.37. The first-order valence-corrected chi connectivity index (χ1v) is 2.23. The van der Waals surface area contributed by atoms with Crippen LogP contribution in [0.3, 0.4) is 0 Å². The average Bonchev–Trinajstić information content (AvgIpc) is 1.82. The Labute approximate surface area is 52.8 Å². The van der Waals surface area contributed by atoms with Crippen LogP contribution in [0.4, 0.5) is 0 Å². The minimum atomic E-state index is -0.284. The van der Waals surface area contributed by atoms with Crippen LogP contribution >= 0.6 is 0 Å². The van der Waals surface area contributed by atoms with Crippen molar-refractivity contribution in [2.45, 2.75) is 6.92 Å². The fraction of sp³-hybridized carbons (Fsp3) is 0.167. The highest BCUT2D eigenvalue weighted by Crippen LogP contribution is 1.87. The van der Waals surface area contributed by atoms with E-state index in [1.165, 1.54) is 6.92 Å². The van der Waals surface area contributed by atoms with E-state index in [4.69, 9.17) is 10.5 Å². The molecule has 0 spiro atoms. The zero-order valence-electron chi connectivity index (χ0n) is 4.88. The fourth-order valence-corrected chi connectivity index (χ4v) is 0.293. The van der Waals surface area contributed by atoms with Crippen molar-refractivity contribution in [3.63, 3.8) is 0 Å². The molecule has 9 heavy (non-hydrogen) atoms. The largest absolute Gasteiger partial charge is 0.295 e. The fourth-order valence-electron chi connectivity index (χ4n) is 0.293. The summed E-state index contributed by atoms with van der Waals surface area (Å²) in [4.78, 5) is 10.2. The van der Waals surface area contributed by atoms with Crippen LogP contribution in [0.15, 0.2) is 11.6 Å². The van der Waals surface area contributed by atoms with Crippen LogP contribution in [0.1, 0.15) is 6.92 Å². The number of hydrogen-bond donors (Lipinski definition) is 0. The van der Waals surface area contributed by atoms with E-state index < -0.39 is 0 Å². The lowest BCUT2D eigenvalue weighted by molar-refractivity contribution is -0.112. The molecule has 0 N–H and O–H groups in total. The number of nitriles is 2. The Hall–Kier alpha value is -1.61. The number of ketones is 1. The highest BCUT2D eigenvalue weighted by Gasteiger charge is 1.91. The van der Waals surface area contributed by atoms with Crippen LogP contribution in [-0.4, -0.2) is 5.78 Å². The molecule has 0 aliphatic rings. The summed E-state index contributed by atoms with van der Waals surface area (Å²) in [6, 6.07) is 3.12. The summed E-state index contributed by atoms with van der Waals surface area (Å²) in [7, 11) is 0. The van der Waals surface area contributed by atoms with E-state index in [1.54, 1.807) is 12.1 Å². The Bertz CT molecular complexity index is 210. The molecule has 0 radical (unpaired) electrons. The van der Waals surface area contributed by atoms with Crippen LogP contribution < -0.4 is 0 Å². The Morgan fingerprint density at radius 2 is 1.89 bits per heavy atom. The molecule has 0 bridgehead atoms. The summed E-state index contributed by atoms with van der Waals surface area (Å²) in [5.74, 6) is -0.284. The third kappa shape index (κ3) is 3.02. The van der Waals surface area contributed by atoms with Crippen molar-refractivity contribution < 1.29 is 4.79 Å². The summed E-state index contributed by atoms with van der Waals surface area (Å²) in [5.41, 5.74) is -0.150. The van der Waals surface area contributed by atoms with Crippen molar-refractivity contribution in [1.29, 1.82) is 10.5 Å². The van der Waals surface area contributed by atoms with Crippen molar-refractivity contribution in [3.8, 4) is 12.1 Å². The second kappa shape index (κ2) is 3.40. The summed E-state index contributed by atoms with van der Waals surface area (Å²) in [6.07, 6.45) is 1.00. The number of nitrogens with zero attached hydrogens (tertiary/aromatic N) is 2. The highest BCUT2D eigenvalue weighted by molar-refractivity contribution is 5.89. The maximum absolute atomic E-state index is 10.2. The minimum absolute atomic E-state index is 0.150. The lowest BCUT2D eigenvalue weighted by atomic mass is 10.2. The van der Waals surface area contributed by atoms with Crippen LogP contribution in [0.5, 0.6) is 0 Å². The van der Waals surface area contributed by atoms with E-state index in [-0.39, 0.29) is 11.4 Å². The Morgan fingerprint density at radius 1 is 1.44 bits per heavy atom. The van der Waals surface area contributed by atoms with Gasteiger partial charge in [-0.3, -0.25) is 4.79 Å². The van der Waals surface area contributed by atoms with Gasteiger partial charge in [0, 0.05) is 6.08 Å². The third-order valence-electron chi connectivity index (χ3n) is 0.589. The molecule has 0 amide bonds. The van der Waals surface area contributed by atoms with Gasteiger partial charge in [-0.15, -0.1) is 0 Å². The molecule has 0 atom stereocenters. The summed E-state index contributed by atoms with van der Waals surface area (Å²) < 4.78 is 0. The SMILES string of the molecule is CC(=O)C=C(C#N)C#N. The molecule has 0 aromatic rings. The van der Waals surface area contributed by atoms with Crippen LogP contribution in [-0.2, 0) is 4.79 Å². The second-order valence-electron chi connectivity index (χ2n) is 1.39. The molecule has 0 unspecified atom stereocenters. The molecular formula is C6H4N2O. The molecule has 0 saturated heterocycles. The molecule has 3 nitrogen and oxygen atoms in total. The Morgan fingerprint density at radius 3 is 2.00 bits per heavy atom. The van der Waals surface area contributed by atoms with Crippen LogP contribution in [0.2, 0.25) is 0 Å². The van der Waals surface area contributed by atoms with Gasteiger partial charge in [0.25, 0.3) is 0 Å². The van der Waals surface area contributed by atoms with E-state index in [2.05, 4.69) is 0 Å². The smallest absolute Gasteiger partial charge is 0.154 e. The van der Waals surface area contributed by atoms with Gasteiger partial charge in [-0.2, -0.15) is 10.5 Å². The van der Waals surface area contributed by atoms with E-state index in [0.717, 1.165) is 6.08 Å². The molecule has 0 aliphatic heterocycles. The van der Waals surface area contributed by atoms with Gasteiger partial charge in [-0.1, -0.05) is 0 Å². The van der Waals surface area contributed by atoms with Crippen LogP contribution in [0, 0.1) is 22.7 Å². The molecule has 0 saturated carbocycles. The van der Waals surface area contributed by atoms with Gasteiger partial charge in [0.15, 0.2) is 5.78 Å². The van der Waals surface area contributed by atoms with Crippen molar-refractivity contribution in [2.24, 2.45) is 0 Å². The quantitative estimate of drug-likeness (QED) is 0.375. The van der Waals surface area contributed by atoms with E-state index in [0.29, 0.717) is 0 Å². The molecule has 0 heterocycles. The van der Waals surface area contributed by atoms with Gasteiger partial charge in [-0.05, 0) is 6.92 Å². The molecule has 44 valence electrons. The molecule has 0 aromatic carbocycles. The summed E-state index contributed by atoms with van der Waals surface area (Å²) in [5, 5.41) is 16.2. The first-order valence-electron chi connectivity index (χ1n) is 2.23. The predicted octanol–water partition coefficient (Wildman–Crippen LogP) is 0.549. The summed E-state index contributed by atoms with van der Waals surface area (Å²) in [6.45, 7) is 1.29. The van der Waals surface area contributed by atoms with Crippen molar-refractivity contribution >= 4 is 5.78 Å². The molecule has 3 heteroatoms. The maximum Gasteiger partial charge on any atom is 0.154 e. The molecule has 0 fully saturated rings. The number of hydrogen-bond acceptors (Lipinski definition) is 3. The number of allylic oxidation sites excluding steroid dienone is 2. The zero-order valence-corrected chi connectivity index (χ0v) is 4.88. The lowest BCUT2D eigenvalue weighted by Gasteiger charge is -1.75. The van der Waals surface area contributed by atoms with Crippen molar-refractivity contribution in [2.75, 3.05) is 0 Å². The third-order valence-corrected chi connectivity index (χ3v) is 0.589. The van der Waals surface area contributed by atoms with Crippen molar-refractivity contribution in [3.05, 3.63) is 11.6 Å².